The van der Waals surface area contributed by atoms with E-state index >= 15 is 0 Å². The molecule has 0 radical (unpaired) electrons. The molecule has 1 fully saturated rings. The van der Waals surface area contributed by atoms with E-state index in [1.54, 1.807) is 0 Å². The van der Waals surface area contributed by atoms with E-state index in [0.29, 0.717) is 5.92 Å². The first-order chi connectivity index (χ1) is 10.1. The van der Waals surface area contributed by atoms with Gasteiger partial charge in [-0.25, -0.2) is 0 Å². The Bertz CT molecular complexity index is 478. The number of benzene rings is 1. The first-order valence-electron chi connectivity index (χ1n) is 8.19. The molecule has 1 aromatic carbocycles. The Hall–Kier alpha value is -1.35. The molecule has 1 amide bonds. The molecule has 1 aromatic rings. The first kappa shape index (κ1) is 16.0. The summed E-state index contributed by atoms with van der Waals surface area (Å²) in [6.45, 7) is 10.2. The molecule has 21 heavy (non-hydrogen) atoms. The van der Waals surface area contributed by atoms with Crippen molar-refractivity contribution >= 4 is 5.91 Å². The third-order valence-corrected chi connectivity index (χ3v) is 4.49. The second kappa shape index (κ2) is 7.60. The van der Waals surface area contributed by atoms with E-state index < -0.39 is 0 Å². The zero-order valence-corrected chi connectivity index (χ0v) is 13.6. The van der Waals surface area contributed by atoms with Gasteiger partial charge in [-0.2, -0.15) is 0 Å². The number of rotatable bonds is 5. The van der Waals surface area contributed by atoms with Gasteiger partial charge in [0.2, 0.25) is 0 Å². The second-order valence-electron chi connectivity index (χ2n) is 6.21. The van der Waals surface area contributed by atoms with Gasteiger partial charge in [0, 0.05) is 18.7 Å². The fourth-order valence-electron chi connectivity index (χ4n) is 3.09. The Balaban J connectivity index is 2.12. The minimum atomic E-state index is 0.198. The monoisotopic (exact) mass is 288 g/mol. The van der Waals surface area contributed by atoms with E-state index in [4.69, 9.17) is 0 Å². The second-order valence-corrected chi connectivity index (χ2v) is 6.21. The average Bonchev–Trinajstić information content (AvgIpc) is 2.50. The van der Waals surface area contributed by atoms with Crippen molar-refractivity contribution in [1.29, 1.82) is 0 Å². The molecule has 1 saturated heterocycles. The lowest BCUT2D eigenvalue weighted by Crippen LogP contribution is -2.41. The molecule has 3 nitrogen and oxygen atoms in total. The molecule has 116 valence electrons. The van der Waals surface area contributed by atoms with Gasteiger partial charge in [0.25, 0.3) is 5.91 Å². The number of carbonyl (C=O) groups is 1. The largest absolute Gasteiger partial charge is 0.338 e. The van der Waals surface area contributed by atoms with Gasteiger partial charge in [-0.15, -0.1) is 0 Å². The third-order valence-electron chi connectivity index (χ3n) is 4.49. The number of nitrogens with one attached hydrogen (secondary N) is 1. The van der Waals surface area contributed by atoms with Gasteiger partial charge < -0.3 is 10.2 Å². The van der Waals surface area contributed by atoms with Crippen LogP contribution in [-0.4, -0.2) is 37.0 Å². The minimum absolute atomic E-state index is 0.198. The van der Waals surface area contributed by atoms with E-state index in [-0.39, 0.29) is 5.91 Å². The zero-order chi connectivity index (χ0) is 15.2. The number of hydrogen-bond donors (Lipinski definition) is 1. The number of carbonyl (C=O) groups excluding carboxylic acids is 1. The summed E-state index contributed by atoms with van der Waals surface area (Å²) >= 11 is 0. The van der Waals surface area contributed by atoms with Crippen LogP contribution in [0.25, 0.3) is 0 Å². The van der Waals surface area contributed by atoms with Crippen molar-refractivity contribution in [2.45, 2.75) is 40.0 Å². The Morgan fingerprint density at radius 3 is 2.86 bits per heavy atom. The van der Waals surface area contributed by atoms with Gasteiger partial charge >= 0.3 is 0 Å². The highest BCUT2D eigenvalue weighted by atomic mass is 16.2. The molecule has 1 atom stereocenters. The highest BCUT2D eigenvalue weighted by molar-refractivity contribution is 5.96. The first-order valence-corrected chi connectivity index (χ1v) is 8.19. The number of nitrogens with zero attached hydrogens (tertiary/aromatic N) is 1. The molecule has 0 bridgehead atoms. The lowest BCUT2D eigenvalue weighted by atomic mass is 9.97. The molecular weight excluding hydrogens is 260 g/mol. The van der Waals surface area contributed by atoms with E-state index in [1.807, 2.05) is 12.1 Å². The Labute approximate surface area is 128 Å². The van der Waals surface area contributed by atoms with Crippen LogP contribution in [-0.2, 0) is 0 Å². The molecule has 2 rings (SSSR count). The quantitative estimate of drug-likeness (QED) is 0.902. The highest BCUT2D eigenvalue weighted by Crippen LogP contribution is 2.18. The van der Waals surface area contributed by atoms with E-state index in [0.717, 1.165) is 43.7 Å². The van der Waals surface area contributed by atoms with Gasteiger partial charge in [0.1, 0.15) is 0 Å². The van der Waals surface area contributed by atoms with Crippen molar-refractivity contribution in [2.75, 3.05) is 26.2 Å². The fourth-order valence-corrected chi connectivity index (χ4v) is 3.09. The van der Waals surface area contributed by atoms with Crippen molar-refractivity contribution in [3.8, 4) is 0 Å². The van der Waals surface area contributed by atoms with Crippen LogP contribution in [0.3, 0.4) is 0 Å². The van der Waals surface area contributed by atoms with Crippen molar-refractivity contribution in [3.05, 3.63) is 34.9 Å². The highest BCUT2D eigenvalue weighted by Gasteiger charge is 2.22. The summed E-state index contributed by atoms with van der Waals surface area (Å²) in [4.78, 5) is 14.9. The van der Waals surface area contributed by atoms with Crippen LogP contribution >= 0.6 is 0 Å². The molecular formula is C18H28N2O. The van der Waals surface area contributed by atoms with Crippen LogP contribution < -0.4 is 5.32 Å². The van der Waals surface area contributed by atoms with Crippen molar-refractivity contribution in [2.24, 2.45) is 5.92 Å². The predicted molar refractivity (Wildman–Crippen MR) is 87.7 cm³/mol. The Morgan fingerprint density at radius 1 is 1.38 bits per heavy atom. The number of amides is 1. The molecule has 0 saturated carbocycles. The van der Waals surface area contributed by atoms with E-state index in [2.05, 4.69) is 37.1 Å². The predicted octanol–water partition coefficient (Wildman–Crippen LogP) is 3.16. The van der Waals surface area contributed by atoms with Crippen molar-refractivity contribution in [3.63, 3.8) is 0 Å². The molecule has 3 heteroatoms. The van der Waals surface area contributed by atoms with Crippen LogP contribution in [0.2, 0.25) is 0 Å². The molecule has 1 N–H and O–H groups in total. The van der Waals surface area contributed by atoms with E-state index in [1.165, 1.54) is 18.4 Å². The smallest absolute Gasteiger partial charge is 0.254 e. The molecule has 0 aromatic heterocycles. The van der Waals surface area contributed by atoms with Crippen LogP contribution in [0.4, 0.5) is 0 Å². The SMILES string of the molecule is CCCN(CC1CCCNC1)C(=O)c1cccc(C)c1C. The standard InChI is InChI=1S/C18H28N2O/c1-4-11-20(13-16-8-6-10-19-12-16)18(21)17-9-5-7-14(2)15(17)3/h5,7,9,16,19H,4,6,8,10-13H2,1-3H3. The average molecular weight is 288 g/mol. The number of hydrogen-bond acceptors (Lipinski definition) is 2. The van der Waals surface area contributed by atoms with Crippen LogP contribution in [0.15, 0.2) is 18.2 Å². The molecule has 1 heterocycles. The lowest BCUT2D eigenvalue weighted by Gasteiger charge is -2.30. The topological polar surface area (TPSA) is 32.3 Å². The maximum Gasteiger partial charge on any atom is 0.254 e. The van der Waals surface area contributed by atoms with Crippen molar-refractivity contribution < 1.29 is 4.79 Å². The van der Waals surface area contributed by atoms with Crippen LogP contribution in [0.5, 0.6) is 0 Å². The number of piperidine rings is 1. The molecule has 0 aliphatic carbocycles. The summed E-state index contributed by atoms with van der Waals surface area (Å²) in [5.41, 5.74) is 3.18. The summed E-state index contributed by atoms with van der Waals surface area (Å²) in [5, 5.41) is 3.44. The summed E-state index contributed by atoms with van der Waals surface area (Å²) in [6, 6.07) is 6.02. The summed E-state index contributed by atoms with van der Waals surface area (Å²) in [6.07, 6.45) is 3.46. The fraction of sp³-hybridized carbons (Fsp3) is 0.611. The summed E-state index contributed by atoms with van der Waals surface area (Å²) < 4.78 is 0. The zero-order valence-electron chi connectivity index (χ0n) is 13.6. The molecule has 0 spiro atoms. The van der Waals surface area contributed by atoms with Crippen LogP contribution in [0.1, 0.15) is 47.7 Å². The van der Waals surface area contributed by atoms with E-state index in [9.17, 15) is 4.79 Å². The molecule has 1 aliphatic heterocycles. The lowest BCUT2D eigenvalue weighted by molar-refractivity contribution is 0.0718. The third kappa shape index (κ3) is 4.07. The maximum absolute atomic E-state index is 12.9. The van der Waals surface area contributed by atoms with Crippen molar-refractivity contribution in [1.82, 2.24) is 10.2 Å². The maximum atomic E-state index is 12.9. The normalized spacial score (nSPS) is 18.5. The molecule has 1 unspecified atom stereocenters. The van der Waals surface area contributed by atoms with Gasteiger partial charge in [0.15, 0.2) is 0 Å². The Morgan fingerprint density at radius 2 is 2.19 bits per heavy atom. The summed E-state index contributed by atoms with van der Waals surface area (Å²) in [5.74, 6) is 0.794. The minimum Gasteiger partial charge on any atom is -0.338 e. The van der Waals surface area contributed by atoms with Gasteiger partial charge in [0.05, 0.1) is 0 Å². The van der Waals surface area contributed by atoms with Gasteiger partial charge in [-0.05, 0) is 69.3 Å². The van der Waals surface area contributed by atoms with Gasteiger partial charge in [-0.1, -0.05) is 19.1 Å². The Kier molecular flexibility index (Phi) is 5.80. The van der Waals surface area contributed by atoms with Crippen LogP contribution in [0, 0.1) is 19.8 Å². The molecule has 1 aliphatic rings. The summed E-state index contributed by atoms with van der Waals surface area (Å²) in [7, 11) is 0. The van der Waals surface area contributed by atoms with Gasteiger partial charge in [-0.3, -0.25) is 4.79 Å². The number of aryl methyl sites for hydroxylation is 1.